The van der Waals surface area contributed by atoms with Gasteiger partial charge in [-0.1, -0.05) is 48.5 Å². The Morgan fingerprint density at radius 1 is 0.938 bits per heavy atom. The van der Waals surface area contributed by atoms with Gasteiger partial charge in [-0.2, -0.15) is 13.2 Å². The fourth-order valence-electron chi connectivity index (χ4n) is 3.17. The van der Waals surface area contributed by atoms with E-state index < -0.39 is 24.1 Å². The molecule has 1 amide bonds. The second kappa shape index (κ2) is 10.2. The van der Waals surface area contributed by atoms with Crippen molar-refractivity contribution in [2.45, 2.75) is 32.2 Å². The molecule has 0 heterocycles. The molecule has 0 bridgehead atoms. The summed E-state index contributed by atoms with van der Waals surface area (Å²) in [6.07, 6.45) is -5.27. The number of esters is 1. The number of benzene rings is 3. The number of hydrogen-bond donors (Lipinski definition) is 1. The fourth-order valence-corrected chi connectivity index (χ4v) is 3.17. The van der Waals surface area contributed by atoms with Crippen molar-refractivity contribution in [1.29, 1.82) is 0 Å². The summed E-state index contributed by atoms with van der Waals surface area (Å²) in [4.78, 5) is 23.4. The van der Waals surface area contributed by atoms with E-state index in [0.717, 1.165) is 16.3 Å². The van der Waals surface area contributed by atoms with Gasteiger partial charge >= 0.3 is 18.1 Å². The first-order valence-electron chi connectivity index (χ1n) is 10.00. The van der Waals surface area contributed by atoms with E-state index in [0.29, 0.717) is 17.9 Å². The van der Waals surface area contributed by atoms with Crippen LogP contribution in [0.3, 0.4) is 0 Å². The van der Waals surface area contributed by atoms with Crippen LogP contribution in [-0.4, -0.2) is 30.7 Å². The molecule has 3 aromatic carbocycles. The summed E-state index contributed by atoms with van der Waals surface area (Å²) in [5.41, 5.74) is 1.47. The van der Waals surface area contributed by atoms with Gasteiger partial charge in [-0.25, -0.2) is 4.79 Å². The third kappa shape index (κ3) is 6.23. The van der Waals surface area contributed by atoms with Gasteiger partial charge in [-0.3, -0.25) is 4.79 Å². The third-order valence-electron chi connectivity index (χ3n) is 4.69. The minimum absolute atomic E-state index is 0.0217. The lowest BCUT2D eigenvalue weighted by Gasteiger charge is -2.18. The van der Waals surface area contributed by atoms with Crippen molar-refractivity contribution in [3.8, 4) is 5.75 Å². The highest BCUT2D eigenvalue weighted by atomic mass is 19.4. The molecular formula is C24H22F3NO4. The van der Waals surface area contributed by atoms with E-state index >= 15 is 0 Å². The molecule has 0 radical (unpaired) electrons. The lowest BCUT2D eigenvalue weighted by molar-refractivity contribution is -0.175. The van der Waals surface area contributed by atoms with Gasteiger partial charge in [0.25, 0.3) is 0 Å². The van der Waals surface area contributed by atoms with E-state index in [4.69, 9.17) is 9.47 Å². The van der Waals surface area contributed by atoms with E-state index in [1.165, 1.54) is 6.92 Å². The number of amides is 1. The summed E-state index contributed by atoms with van der Waals surface area (Å²) < 4.78 is 48.5. The Labute approximate surface area is 183 Å². The van der Waals surface area contributed by atoms with Crippen molar-refractivity contribution in [3.63, 3.8) is 0 Å². The molecule has 8 heteroatoms. The van der Waals surface area contributed by atoms with Gasteiger partial charge in [0.1, 0.15) is 18.4 Å². The Kier molecular flexibility index (Phi) is 7.35. The van der Waals surface area contributed by atoms with Gasteiger partial charge < -0.3 is 14.8 Å². The molecule has 0 spiro atoms. The van der Waals surface area contributed by atoms with E-state index in [2.05, 4.69) is 0 Å². The highest BCUT2D eigenvalue weighted by Gasteiger charge is 2.41. The van der Waals surface area contributed by atoms with Crippen LogP contribution < -0.4 is 10.1 Å². The number of carbonyl (C=O) groups excluding carboxylic acids is 2. The van der Waals surface area contributed by atoms with Gasteiger partial charge in [0.05, 0.1) is 6.61 Å². The molecule has 0 saturated heterocycles. The average Bonchev–Trinajstić information content (AvgIpc) is 2.77. The number of hydrogen-bond acceptors (Lipinski definition) is 4. The highest BCUT2D eigenvalue weighted by Crippen LogP contribution is 2.20. The number of alkyl halides is 3. The molecule has 0 unspecified atom stereocenters. The first-order chi connectivity index (χ1) is 15.3. The molecule has 168 valence electrons. The molecule has 0 aliphatic rings. The average molecular weight is 445 g/mol. The second-order valence-corrected chi connectivity index (χ2v) is 7.10. The molecule has 0 aliphatic carbocycles. The Balaban J connectivity index is 1.69. The van der Waals surface area contributed by atoms with Crippen molar-refractivity contribution in [3.05, 3.63) is 77.9 Å². The maximum Gasteiger partial charge on any atom is 0.471 e. The van der Waals surface area contributed by atoms with Gasteiger partial charge in [-0.05, 0) is 47.0 Å². The SMILES string of the molecule is CCOC(=O)[C@H](Cc1cccc(OCc2ccc3ccccc3c2)c1)NC(=O)C(F)(F)F. The highest BCUT2D eigenvalue weighted by molar-refractivity contribution is 5.87. The summed E-state index contributed by atoms with van der Waals surface area (Å²) in [6.45, 7) is 1.80. The normalized spacial score (nSPS) is 12.2. The van der Waals surface area contributed by atoms with Crippen LogP contribution >= 0.6 is 0 Å². The molecule has 0 saturated carbocycles. The van der Waals surface area contributed by atoms with E-state index in [9.17, 15) is 22.8 Å². The lowest BCUT2D eigenvalue weighted by atomic mass is 10.1. The summed E-state index contributed by atoms with van der Waals surface area (Å²) in [5, 5.41) is 3.90. The van der Waals surface area contributed by atoms with Crippen molar-refractivity contribution < 1.29 is 32.2 Å². The van der Waals surface area contributed by atoms with Crippen LogP contribution in [0.2, 0.25) is 0 Å². The number of fused-ring (bicyclic) bond motifs is 1. The molecule has 0 fully saturated rings. The Morgan fingerprint density at radius 3 is 2.41 bits per heavy atom. The zero-order valence-electron chi connectivity index (χ0n) is 17.3. The van der Waals surface area contributed by atoms with Gasteiger partial charge in [-0.15, -0.1) is 0 Å². The first kappa shape index (κ1) is 23.1. The van der Waals surface area contributed by atoms with Crippen molar-refractivity contribution in [2.24, 2.45) is 0 Å². The van der Waals surface area contributed by atoms with Gasteiger partial charge in [0.2, 0.25) is 0 Å². The van der Waals surface area contributed by atoms with Crippen LogP contribution in [0.5, 0.6) is 5.75 Å². The van der Waals surface area contributed by atoms with Crippen molar-refractivity contribution in [1.82, 2.24) is 5.32 Å². The number of ether oxygens (including phenoxy) is 2. The smallest absolute Gasteiger partial charge is 0.471 e. The summed E-state index contributed by atoms with van der Waals surface area (Å²) in [6, 6.07) is 19.1. The summed E-state index contributed by atoms with van der Waals surface area (Å²) >= 11 is 0. The number of carbonyl (C=O) groups is 2. The van der Waals surface area contributed by atoms with E-state index in [1.54, 1.807) is 29.6 Å². The maximum atomic E-state index is 12.6. The molecule has 3 aromatic rings. The molecule has 0 aliphatic heterocycles. The van der Waals surface area contributed by atoms with Crippen LogP contribution in [0.4, 0.5) is 13.2 Å². The lowest BCUT2D eigenvalue weighted by Crippen LogP contribution is -2.48. The maximum absolute atomic E-state index is 12.6. The Bertz CT molecular complexity index is 1100. The topological polar surface area (TPSA) is 64.6 Å². The van der Waals surface area contributed by atoms with E-state index in [1.807, 2.05) is 42.5 Å². The van der Waals surface area contributed by atoms with Crippen LogP contribution in [0, 0.1) is 0 Å². The minimum atomic E-state index is -5.10. The Hall–Kier alpha value is -3.55. The number of halogens is 3. The predicted molar refractivity (Wildman–Crippen MR) is 113 cm³/mol. The van der Waals surface area contributed by atoms with Crippen LogP contribution in [0.1, 0.15) is 18.1 Å². The van der Waals surface area contributed by atoms with Gasteiger partial charge in [0.15, 0.2) is 0 Å². The Morgan fingerprint density at radius 2 is 1.69 bits per heavy atom. The molecule has 1 N–H and O–H groups in total. The molecule has 1 atom stereocenters. The summed E-state index contributed by atoms with van der Waals surface area (Å²) in [5.74, 6) is -2.65. The van der Waals surface area contributed by atoms with Crippen LogP contribution in [0.25, 0.3) is 10.8 Å². The molecule has 5 nitrogen and oxygen atoms in total. The van der Waals surface area contributed by atoms with Crippen LogP contribution in [0.15, 0.2) is 66.7 Å². The molecule has 3 rings (SSSR count). The van der Waals surface area contributed by atoms with Gasteiger partial charge in [0, 0.05) is 6.42 Å². The first-order valence-corrected chi connectivity index (χ1v) is 10.00. The number of nitrogens with one attached hydrogen (secondary N) is 1. The minimum Gasteiger partial charge on any atom is -0.489 e. The van der Waals surface area contributed by atoms with E-state index in [-0.39, 0.29) is 13.0 Å². The van der Waals surface area contributed by atoms with Crippen molar-refractivity contribution in [2.75, 3.05) is 6.61 Å². The third-order valence-corrected chi connectivity index (χ3v) is 4.69. The second-order valence-electron chi connectivity index (χ2n) is 7.10. The molecular weight excluding hydrogens is 423 g/mol. The largest absolute Gasteiger partial charge is 0.489 e. The predicted octanol–water partition coefficient (Wildman–Crippen LogP) is 4.57. The van der Waals surface area contributed by atoms with Crippen molar-refractivity contribution >= 4 is 22.6 Å². The molecule has 0 aromatic heterocycles. The fraction of sp³-hybridized carbons (Fsp3) is 0.250. The monoisotopic (exact) mass is 445 g/mol. The number of rotatable bonds is 8. The standard InChI is InChI=1S/C24H22F3NO4/c1-2-31-22(29)21(28-23(30)24(25,26)27)14-16-6-5-9-20(13-16)32-15-17-10-11-18-7-3-4-8-19(18)12-17/h3-13,21H,2,14-15H2,1H3,(H,28,30)/t21-/m0/s1. The molecule has 32 heavy (non-hydrogen) atoms. The quantitative estimate of drug-likeness (QED) is 0.516. The zero-order valence-corrected chi connectivity index (χ0v) is 17.3. The summed E-state index contributed by atoms with van der Waals surface area (Å²) in [7, 11) is 0. The zero-order chi connectivity index (χ0) is 23.1. The van der Waals surface area contributed by atoms with Crippen LogP contribution in [-0.2, 0) is 27.4 Å².